The van der Waals surface area contributed by atoms with Crippen molar-refractivity contribution in [3.8, 4) is 0 Å². The minimum atomic E-state index is -0.829. The van der Waals surface area contributed by atoms with Gasteiger partial charge in [-0.2, -0.15) is 0 Å². The summed E-state index contributed by atoms with van der Waals surface area (Å²) in [6.07, 6.45) is 2.75. The fraction of sp³-hybridized carbons (Fsp3) is 0.933. The third-order valence-corrected chi connectivity index (χ3v) is 5.22. The maximum atomic E-state index is 11.5. The molecule has 0 bridgehead atoms. The fourth-order valence-corrected chi connectivity index (χ4v) is 2.97. The summed E-state index contributed by atoms with van der Waals surface area (Å²) in [4.78, 5) is 11.5. The Morgan fingerprint density at radius 1 is 1.30 bits per heavy atom. The monoisotopic (exact) mass is 285 g/mol. The molecule has 2 N–H and O–H groups in total. The number of carbonyl (C=O) groups is 1. The molecule has 2 saturated heterocycles. The Bertz CT molecular complexity index is 372. The molecule has 0 aromatic carbocycles. The Labute approximate surface area is 121 Å². The number of rotatable bonds is 4. The number of carboxylic acids is 1. The number of aliphatic carboxylic acids is 1. The Balaban J connectivity index is 2.03. The zero-order chi connectivity index (χ0) is 15.0. The van der Waals surface area contributed by atoms with Gasteiger partial charge in [-0.15, -0.1) is 0 Å². The topological polar surface area (TPSA) is 67.8 Å². The Morgan fingerprint density at radius 2 is 2.00 bits per heavy atom. The van der Waals surface area contributed by atoms with Gasteiger partial charge < -0.3 is 19.9 Å². The van der Waals surface area contributed by atoms with Crippen molar-refractivity contribution in [2.45, 2.75) is 64.1 Å². The third-order valence-electron chi connectivity index (χ3n) is 5.22. The average Bonchev–Trinajstić information content (AvgIpc) is 2.76. The van der Waals surface area contributed by atoms with Gasteiger partial charge in [0.05, 0.1) is 17.6 Å². The summed E-state index contributed by atoms with van der Waals surface area (Å²) in [7, 11) is 0. The van der Waals surface area contributed by atoms with E-state index in [2.05, 4.69) is 5.32 Å². The third kappa shape index (κ3) is 2.85. The molecule has 5 heteroatoms. The van der Waals surface area contributed by atoms with E-state index in [1.165, 1.54) is 0 Å². The first kappa shape index (κ1) is 15.7. The predicted octanol–water partition coefficient (Wildman–Crippen LogP) is 1.80. The summed E-state index contributed by atoms with van der Waals surface area (Å²) >= 11 is 0. The molecule has 0 radical (unpaired) electrons. The van der Waals surface area contributed by atoms with Crippen LogP contribution < -0.4 is 5.32 Å². The Morgan fingerprint density at radius 3 is 2.55 bits per heavy atom. The van der Waals surface area contributed by atoms with Crippen molar-refractivity contribution in [2.75, 3.05) is 19.8 Å². The molecule has 0 aliphatic carbocycles. The van der Waals surface area contributed by atoms with Crippen molar-refractivity contribution in [3.05, 3.63) is 0 Å². The van der Waals surface area contributed by atoms with Gasteiger partial charge in [0, 0.05) is 31.2 Å². The second kappa shape index (κ2) is 5.28. The SMILES string of the molecule is CC(C)(NC1CCOC2(CCOC2)C1)C(C)(C)C(=O)O. The van der Waals surface area contributed by atoms with Crippen LogP contribution in [0.4, 0.5) is 0 Å². The van der Waals surface area contributed by atoms with Crippen molar-refractivity contribution in [1.29, 1.82) is 0 Å². The molecule has 20 heavy (non-hydrogen) atoms. The molecular formula is C15H27NO4. The number of ether oxygens (including phenoxy) is 2. The molecule has 2 unspecified atom stereocenters. The van der Waals surface area contributed by atoms with Crippen molar-refractivity contribution >= 4 is 5.97 Å². The van der Waals surface area contributed by atoms with Crippen LogP contribution in [0.5, 0.6) is 0 Å². The maximum absolute atomic E-state index is 11.5. The van der Waals surface area contributed by atoms with E-state index in [0.29, 0.717) is 13.2 Å². The van der Waals surface area contributed by atoms with Crippen LogP contribution in [-0.2, 0) is 14.3 Å². The quantitative estimate of drug-likeness (QED) is 0.824. The van der Waals surface area contributed by atoms with E-state index in [0.717, 1.165) is 25.9 Å². The fourth-order valence-electron chi connectivity index (χ4n) is 2.97. The van der Waals surface area contributed by atoms with E-state index in [1.807, 2.05) is 13.8 Å². The van der Waals surface area contributed by atoms with Gasteiger partial charge in [0.25, 0.3) is 0 Å². The molecule has 0 aromatic rings. The highest BCUT2D eigenvalue weighted by atomic mass is 16.6. The molecule has 0 amide bonds. The predicted molar refractivity (Wildman–Crippen MR) is 75.8 cm³/mol. The van der Waals surface area contributed by atoms with Gasteiger partial charge in [-0.25, -0.2) is 0 Å². The number of nitrogens with one attached hydrogen (secondary N) is 1. The molecule has 2 aliphatic heterocycles. The maximum Gasteiger partial charge on any atom is 0.310 e. The summed E-state index contributed by atoms with van der Waals surface area (Å²) < 4.78 is 11.4. The van der Waals surface area contributed by atoms with Crippen LogP contribution in [0.15, 0.2) is 0 Å². The molecule has 2 heterocycles. The van der Waals surface area contributed by atoms with Crippen LogP contribution in [0.1, 0.15) is 47.0 Å². The molecule has 0 saturated carbocycles. The summed E-state index contributed by atoms with van der Waals surface area (Å²) in [6, 6.07) is 0.277. The standard InChI is InChI=1S/C15H27NO4/c1-13(2,12(17)18)14(3,4)16-11-5-7-20-15(9-11)6-8-19-10-15/h11,16H,5-10H2,1-4H3,(H,17,18). The second-order valence-corrected chi connectivity index (χ2v) is 7.22. The number of hydrogen-bond donors (Lipinski definition) is 2. The largest absolute Gasteiger partial charge is 0.481 e. The van der Waals surface area contributed by atoms with Gasteiger partial charge in [-0.1, -0.05) is 0 Å². The number of carboxylic acid groups (broad SMARTS) is 1. The summed E-state index contributed by atoms with van der Waals surface area (Å²) in [5, 5.41) is 13.0. The van der Waals surface area contributed by atoms with Crippen LogP contribution in [0.3, 0.4) is 0 Å². The van der Waals surface area contributed by atoms with Crippen LogP contribution in [0.2, 0.25) is 0 Å². The molecule has 2 fully saturated rings. The lowest BCUT2D eigenvalue weighted by atomic mass is 9.73. The zero-order valence-corrected chi connectivity index (χ0v) is 13.0. The van der Waals surface area contributed by atoms with E-state index in [-0.39, 0.29) is 11.6 Å². The van der Waals surface area contributed by atoms with Crippen molar-refractivity contribution in [1.82, 2.24) is 5.32 Å². The minimum Gasteiger partial charge on any atom is -0.481 e. The van der Waals surface area contributed by atoms with E-state index in [9.17, 15) is 9.90 Å². The highest BCUT2D eigenvalue weighted by Gasteiger charge is 2.47. The van der Waals surface area contributed by atoms with Gasteiger partial charge in [0.2, 0.25) is 0 Å². The van der Waals surface area contributed by atoms with Crippen molar-refractivity contribution < 1.29 is 19.4 Å². The normalized spacial score (nSPS) is 31.7. The Kier molecular flexibility index (Phi) is 4.15. The average molecular weight is 285 g/mol. The Hall–Kier alpha value is -0.650. The van der Waals surface area contributed by atoms with Gasteiger partial charge >= 0.3 is 5.97 Å². The molecule has 116 valence electrons. The smallest absolute Gasteiger partial charge is 0.310 e. The first-order chi connectivity index (χ1) is 9.19. The molecule has 2 aliphatic rings. The van der Waals surface area contributed by atoms with Crippen LogP contribution in [0.25, 0.3) is 0 Å². The van der Waals surface area contributed by atoms with Crippen molar-refractivity contribution in [3.63, 3.8) is 0 Å². The van der Waals surface area contributed by atoms with Crippen LogP contribution >= 0.6 is 0 Å². The lowest BCUT2D eigenvalue weighted by Crippen LogP contribution is -2.60. The van der Waals surface area contributed by atoms with Crippen LogP contribution in [-0.4, -0.2) is 48.1 Å². The highest BCUT2D eigenvalue weighted by Crippen LogP contribution is 2.36. The number of hydrogen-bond acceptors (Lipinski definition) is 4. The summed E-state index contributed by atoms with van der Waals surface area (Å²) in [5.74, 6) is -0.777. The highest BCUT2D eigenvalue weighted by molar-refractivity contribution is 5.75. The van der Waals surface area contributed by atoms with Crippen LogP contribution in [0, 0.1) is 5.41 Å². The summed E-state index contributed by atoms with van der Waals surface area (Å²) in [5.41, 5.74) is -1.47. The first-order valence-corrected chi connectivity index (χ1v) is 7.41. The zero-order valence-electron chi connectivity index (χ0n) is 13.0. The molecule has 2 atom stereocenters. The molecular weight excluding hydrogens is 258 g/mol. The van der Waals surface area contributed by atoms with Gasteiger partial charge in [-0.05, 0) is 40.5 Å². The molecule has 0 aromatic heterocycles. The lowest BCUT2D eigenvalue weighted by Gasteiger charge is -2.45. The van der Waals surface area contributed by atoms with E-state index in [1.54, 1.807) is 13.8 Å². The molecule has 5 nitrogen and oxygen atoms in total. The van der Waals surface area contributed by atoms with Gasteiger partial charge in [0.15, 0.2) is 0 Å². The minimum absolute atomic E-state index is 0.153. The van der Waals surface area contributed by atoms with Gasteiger partial charge in [0.1, 0.15) is 0 Å². The molecule has 2 rings (SSSR count). The van der Waals surface area contributed by atoms with Crippen molar-refractivity contribution in [2.24, 2.45) is 5.41 Å². The lowest BCUT2D eigenvalue weighted by molar-refractivity contribution is -0.152. The first-order valence-electron chi connectivity index (χ1n) is 7.41. The van der Waals surface area contributed by atoms with E-state index < -0.39 is 16.9 Å². The van der Waals surface area contributed by atoms with E-state index >= 15 is 0 Å². The van der Waals surface area contributed by atoms with E-state index in [4.69, 9.17) is 9.47 Å². The molecule has 1 spiro atoms. The van der Waals surface area contributed by atoms with Gasteiger partial charge in [-0.3, -0.25) is 4.79 Å². The summed E-state index contributed by atoms with van der Waals surface area (Å²) in [6.45, 7) is 9.62. The second-order valence-electron chi connectivity index (χ2n) is 7.22.